The molecule has 0 aromatic rings. The molecule has 0 aromatic carbocycles. The Morgan fingerprint density at radius 2 is 2.38 bits per heavy atom. The normalized spacial score (nSPS) is 9.88. The Morgan fingerprint density at radius 1 is 1.75 bits per heavy atom. The van der Waals surface area contributed by atoms with Gasteiger partial charge in [0.2, 0.25) is 0 Å². The standard InChI is InChI=1S/C6H13NS/c1-3-4-7(2)5-6-8/h3,8H,1,4-6H2,2H3. The van der Waals surface area contributed by atoms with Crippen LogP contribution in [0.5, 0.6) is 0 Å². The minimum atomic E-state index is 0.921. The second-order valence-corrected chi connectivity index (χ2v) is 2.22. The molecule has 0 amide bonds. The van der Waals surface area contributed by atoms with Crippen molar-refractivity contribution in [2.75, 3.05) is 25.9 Å². The number of nitrogens with zero attached hydrogens (tertiary/aromatic N) is 1. The number of thiol groups is 1. The van der Waals surface area contributed by atoms with Crippen molar-refractivity contribution in [3.05, 3.63) is 12.7 Å². The van der Waals surface area contributed by atoms with Crippen molar-refractivity contribution in [1.29, 1.82) is 0 Å². The van der Waals surface area contributed by atoms with E-state index >= 15 is 0 Å². The Labute approximate surface area is 56.8 Å². The Hall–Kier alpha value is 0.0500. The maximum atomic E-state index is 4.08. The number of rotatable bonds is 4. The smallest absolute Gasteiger partial charge is 0.0157 e. The Balaban J connectivity index is 3.03. The van der Waals surface area contributed by atoms with E-state index < -0.39 is 0 Å². The summed E-state index contributed by atoms with van der Waals surface area (Å²) in [7, 11) is 2.05. The van der Waals surface area contributed by atoms with E-state index in [-0.39, 0.29) is 0 Å². The minimum Gasteiger partial charge on any atom is -0.302 e. The third kappa shape index (κ3) is 4.22. The van der Waals surface area contributed by atoms with Crippen molar-refractivity contribution in [3.63, 3.8) is 0 Å². The van der Waals surface area contributed by atoms with Crippen molar-refractivity contribution in [3.8, 4) is 0 Å². The Morgan fingerprint density at radius 3 is 2.75 bits per heavy atom. The summed E-state index contributed by atoms with van der Waals surface area (Å²) in [6.45, 7) is 5.61. The first-order chi connectivity index (χ1) is 3.81. The van der Waals surface area contributed by atoms with E-state index in [9.17, 15) is 0 Å². The molecule has 2 heteroatoms. The average Bonchev–Trinajstić information content (AvgIpc) is 1.68. The van der Waals surface area contributed by atoms with Crippen molar-refractivity contribution < 1.29 is 0 Å². The molecule has 0 aromatic heterocycles. The molecule has 0 fully saturated rings. The van der Waals surface area contributed by atoms with Crippen molar-refractivity contribution in [1.82, 2.24) is 4.90 Å². The van der Waals surface area contributed by atoms with Crippen molar-refractivity contribution in [2.45, 2.75) is 0 Å². The molecule has 0 saturated heterocycles. The third-order valence-corrected chi connectivity index (χ3v) is 1.12. The monoisotopic (exact) mass is 131 g/mol. The molecule has 0 saturated carbocycles. The first-order valence-corrected chi connectivity index (χ1v) is 3.34. The second kappa shape index (κ2) is 5.19. The van der Waals surface area contributed by atoms with Crippen LogP contribution in [0.15, 0.2) is 12.7 Å². The SMILES string of the molecule is C=CCN(C)CCS. The van der Waals surface area contributed by atoms with Crippen LogP contribution in [0.4, 0.5) is 0 Å². The largest absolute Gasteiger partial charge is 0.302 e. The van der Waals surface area contributed by atoms with E-state index in [1.165, 1.54) is 0 Å². The summed E-state index contributed by atoms with van der Waals surface area (Å²) in [6.07, 6.45) is 1.89. The third-order valence-electron chi connectivity index (χ3n) is 0.922. The van der Waals surface area contributed by atoms with Crippen LogP contribution in [0.1, 0.15) is 0 Å². The maximum absolute atomic E-state index is 4.08. The van der Waals surface area contributed by atoms with E-state index in [0.29, 0.717) is 0 Å². The fourth-order valence-electron chi connectivity index (χ4n) is 0.482. The maximum Gasteiger partial charge on any atom is 0.0157 e. The lowest BCUT2D eigenvalue weighted by Crippen LogP contribution is -2.20. The zero-order chi connectivity index (χ0) is 6.41. The first-order valence-electron chi connectivity index (χ1n) is 2.71. The quantitative estimate of drug-likeness (QED) is 0.440. The van der Waals surface area contributed by atoms with Gasteiger partial charge in [0.15, 0.2) is 0 Å². The molecule has 8 heavy (non-hydrogen) atoms. The van der Waals surface area contributed by atoms with Crippen LogP contribution in [0.3, 0.4) is 0 Å². The van der Waals surface area contributed by atoms with Crippen molar-refractivity contribution >= 4 is 12.6 Å². The molecule has 0 aliphatic carbocycles. The summed E-state index contributed by atoms with van der Waals surface area (Å²) in [6, 6.07) is 0. The molecular weight excluding hydrogens is 118 g/mol. The highest BCUT2D eigenvalue weighted by Gasteiger charge is 1.88. The molecule has 0 spiro atoms. The van der Waals surface area contributed by atoms with Crippen LogP contribution in [-0.2, 0) is 0 Å². The molecule has 0 aliphatic heterocycles. The Kier molecular flexibility index (Phi) is 5.22. The van der Waals surface area contributed by atoms with Crippen LogP contribution >= 0.6 is 12.6 Å². The molecule has 48 valence electrons. The van der Waals surface area contributed by atoms with E-state index in [2.05, 4.69) is 31.2 Å². The van der Waals surface area contributed by atoms with E-state index in [1.54, 1.807) is 0 Å². The number of hydrogen-bond donors (Lipinski definition) is 1. The van der Waals surface area contributed by atoms with E-state index in [1.807, 2.05) is 6.08 Å². The fourth-order valence-corrected chi connectivity index (χ4v) is 0.824. The van der Waals surface area contributed by atoms with Gasteiger partial charge in [-0.25, -0.2) is 0 Å². The lowest BCUT2D eigenvalue weighted by molar-refractivity contribution is 0.396. The van der Waals surface area contributed by atoms with Gasteiger partial charge in [-0.15, -0.1) is 6.58 Å². The lowest BCUT2D eigenvalue weighted by Gasteiger charge is -2.10. The van der Waals surface area contributed by atoms with E-state index in [4.69, 9.17) is 0 Å². The molecule has 0 unspecified atom stereocenters. The molecule has 1 nitrogen and oxygen atoms in total. The number of hydrogen-bond acceptors (Lipinski definition) is 2. The Bertz CT molecular complexity index is 63.5. The molecular formula is C6H13NS. The molecule has 0 radical (unpaired) electrons. The van der Waals surface area contributed by atoms with Gasteiger partial charge in [-0.05, 0) is 7.05 Å². The summed E-state index contributed by atoms with van der Waals surface area (Å²) < 4.78 is 0. The van der Waals surface area contributed by atoms with Crippen molar-refractivity contribution in [2.24, 2.45) is 0 Å². The predicted molar refractivity (Wildman–Crippen MR) is 41.5 cm³/mol. The number of likely N-dealkylation sites (N-methyl/N-ethyl adjacent to an activating group) is 1. The highest BCUT2D eigenvalue weighted by atomic mass is 32.1. The van der Waals surface area contributed by atoms with Gasteiger partial charge in [0.25, 0.3) is 0 Å². The second-order valence-electron chi connectivity index (χ2n) is 1.77. The molecule has 0 aliphatic rings. The molecule has 0 N–H and O–H groups in total. The molecule has 0 bridgehead atoms. The zero-order valence-electron chi connectivity index (χ0n) is 5.30. The van der Waals surface area contributed by atoms with Gasteiger partial charge in [0.05, 0.1) is 0 Å². The van der Waals surface area contributed by atoms with Crippen LogP contribution in [0.2, 0.25) is 0 Å². The van der Waals surface area contributed by atoms with Crippen LogP contribution in [0, 0.1) is 0 Å². The van der Waals surface area contributed by atoms with Gasteiger partial charge in [0.1, 0.15) is 0 Å². The van der Waals surface area contributed by atoms with E-state index in [0.717, 1.165) is 18.8 Å². The average molecular weight is 131 g/mol. The minimum absolute atomic E-state index is 0.921. The molecule has 0 heterocycles. The zero-order valence-corrected chi connectivity index (χ0v) is 6.19. The highest BCUT2D eigenvalue weighted by Crippen LogP contribution is 1.82. The van der Waals surface area contributed by atoms with Gasteiger partial charge in [-0.2, -0.15) is 12.6 Å². The first kappa shape index (κ1) is 8.05. The fraction of sp³-hybridized carbons (Fsp3) is 0.667. The van der Waals surface area contributed by atoms with Crippen LogP contribution in [-0.4, -0.2) is 30.8 Å². The lowest BCUT2D eigenvalue weighted by atomic mass is 10.5. The summed E-state index contributed by atoms with van der Waals surface area (Å²) in [5, 5.41) is 0. The topological polar surface area (TPSA) is 3.24 Å². The summed E-state index contributed by atoms with van der Waals surface area (Å²) >= 11 is 4.08. The van der Waals surface area contributed by atoms with Gasteiger partial charge in [-0.1, -0.05) is 6.08 Å². The molecule has 0 rings (SSSR count). The highest BCUT2D eigenvalue weighted by molar-refractivity contribution is 7.80. The predicted octanol–water partition coefficient (Wildman–Crippen LogP) is 1.03. The summed E-state index contributed by atoms with van der Waals surface area (Å²) in [5.41, 5.74) is 0. The summed E-state index contributed by atoms with van der Waals surface area (Å²) in [4.78, 5) is 2.17. The van der Waals surface area contributed by atoms with Gasteiger partial charge in [-0.3, -0.25) is 0 Å². The van der Waals surface area contributed by atoms with Crippen LogP contribution < -0.4 is 0 Å². The van der Waals surface area contributed by atoms with Gasteiger partial charge in [0, 0.05) is 18.8 Å². The van der Waals surface area contributed by atoms with Gasteiger partial charge >= 0.3 is 0 Å². The van der Waals surface area contributed by atoms with Gasteiger partial charge < -0.3 is 4.90 Å². The molecule has 0 atom stereocenters. The summed E-state index contributed by atoms with van der Waals surface area (Å²) in [5.74, 6) is 0.921. The van der Waals surface area contributed by atoms with Crippen LogP contribution in [0.25, 0.3) is 0 Å².